The Kier molecular flexibility index (Phi) is 12.1. The zero-order valence-corrected chi connectivity index (χ0v) is 27.5. The second kappa shape index (κ2) is 14.9. The minimum atomic E-state index is -5.60. The van der Waals surface area contributed by atoms with Gasteiger partial charge < -0.3 is 10.2 Å². The second-order valence-corrected chi connectivity index (χ2v) is 15.9. The van der Waals surface area contributed by atoms with E-state index in [2.05, 4.69) is 13.8 Å². The molecule has 1 unspecified atom stereocenters. The van der Waals surface area contributed by atoms with Gasteiger partial charge in [-0.3, -0.25) is 9.59 Å². The van der Waals surface area contributed by atoms with Gasteiger partial charge >= 0.3 is 18.1 Å². The summed E-state index contributed by atoms with van der Waals surface area (Å²) >= 11 is 0. The lowest BCUT2D eigenvalue weighted by atomic mass is 9.42. The molecule has 2 N–H and O–H groups in total. The van der Waals surface area contributed by atoms with Gasteiger partial charge in [0.05, 0.1) is 12.0 Å². The van der Waals surface area contributed by atoms with Gasteiger partial charge in [-0.05, 0) is 98.2 Å². The Bertz CT molecular complexity index is 1000. The Balaban J connectivity index is 1.16. The average molecular weight is 649 g/mol. The quantitative estimate of drug-likeness (QED) is 0.129. The van der Waals surface area contributed by atoms with Crippen molar-refractivity contribution in [2.45, 2.75) is 167 Å². The number of aliphatic hydroxyl groups is 1. The van der Waals surface area contributed by atoms with Crippen molar-refractivity contribution in [2.75, 3.05) is 0 Å². The first-order chi connectivity index (χ1) is 21.1. The summed E-state index contributed by atoms with van der Waals surface area (Å²) in [5.41, 5.74) is 0.261. The van der Waals surface area contributed by atoms with E-state index in [0.29, 0.717) is 48.2 Å². The molecule has 0 saturated heterocycles. The molecule has 0 aromatic heterocycles. The topological polar surface area (TPSA) is 74.6 Å². The van der Waals surface area contributed by atoms with Crippen LogP contribution >= 0.6 is 0 Å². The van der Waals surface area contributed by atoms with Crippen LogP contribution in [0.3, 0.4) is 0 Å². The number of carbonyl (C=O) groups excluding carboxylic acids is 1. The molecule has 45 heavy (non-hydrogen) atoms. The molecule has 4 aliphatic rings. The van der Waals surface area contributed by atoms with E-state index < -0.39 is 36.8 Å². The second-order valence-electron chi connectivity index (χ2n) is 15.9. The molecule has 0 aromatic rings. The molecule has 0 bridgehead atoms. The Hall–Kier alpha value is -1.25. The number of fused-ring (bicyclic) bond motifs is 5. The lowest BCUT2D eigenvalue weighted by Crippen LogP contribution is -2.57. The number of alkyl halides is 5. The number of carbonyl (C=O) groups is 2. The van der Waals surface area contributed by atoms with Crippen molar-refractivity contribution >= 4 is 11.8 Å². The first-order valence-electron chi connectivity index (χ1n) is 18.0. The fourth-order valence-corrected chi connectivity index (χ4v) is 10.7. The number of aliphatic hydroxyl groups excluding tert-OH is 1. The highest BCUT2D eigenvalue weighted by Gasteiger charge is 2.62. The zero-order valence-electron chi connectivity index (χ0n) is 27.5. The number of ketones is 1. The van der Waals surface area contributed by atoms with E-state index in [0.717, 1.165) is 77.0 Å². The molecule has 4 aliphatic carbocycles. The normalized spacial score (nSPS) is 35.9. The molecular formula is C36H57F5O4. The minimum absolute atomic E-state index is 0.0211. The lowest BCUT2D eigenvalue weighted by molar-refractivity contribution is -0.284. The number of halogens is 5. The highest BCUT2D eigenvalue weighted by atomic mass is 19.4. The number of Topliss-reactive ketones (excluding diaryl/α,β-unsaturated/α-hetero) is 1. The Morgan fingerprint density at radius 2 is 1.49 bits per heavy atom. The Morgan fingerprint density at radius 3 is 2.13 bits per heavy atom. The summed E-state index contributed by atoms with van der Waals surface area (Å²) in [5.74, 6) is -3.29. The predicted molar refractivity (Wildman–Crippen MR) is 164 cm³/mol. The van der Waals surface area contributed by atoms with E-state index >= 15 is 0 Å². The lowest BCUT2D eigenvalue weighted by Gasteiger charge is -2.62. The number of hydrogen-bond acceptors (Lipinski definition) is 3. The van der Waals surface area contributed by atoms with Crippen LogP contribution in [0, 0.1) is 46.3 Å². The third kappa shape index (κ3) is 8.25. The van der Waals surface area contributed by atoms with Crippen molar-refractivity contribution in [3.63, 3.8) is 0 Å². The first kappa shape index (κ1) is 36.6. The van der Waals surface area contributed by atoms with E-state index in [9.17, 15) is 41.8 Å². The van der Waals surface area contributed by atoms with Crippen molar-refractivity contribution in [1.82, 2.24) is 0 Å². The van der Waals surface area contributed by atoms with Gasteiger partial charge in [-0.15, -0.1) is 0 Å². The summed E-state index contributed by atoms with van der Waals surface area (Å²) in [6.07, 6.45) is 9.82. The molecule has 0 amide bonds. The summed E-state index contributed by atoms with van der Waals surface area (Å²) in [5, 5.41) is 20.4. The van der Waals surface area contributed by atoms with Gasteiger partial charge in [0, 0.05) is 19.3 Å². The SMILES string of the molecule is C[C@]12CCC(=O)C[C@@H]1CC[C@@H]1[C@@H]2[C@@H](CCCCCCCCCCC(CCCC(F)(F)C(F)(F)F)C(=O)O)C[C@]2(C)[C@@H](O)CC[C@@H]12. The fourth-order valence-electron chi connectivity index (χ4n) is 10.7. The number of carboxylic acids is 1. The molecule has 0 aliphatic heterocycles. The van der Waals surface area contributed by atoms with Gasteiger partial charge in [-0.25, -0.2) is 0 Å². The van der Waals surface area contributed by atoms with Crippen LogP contribution in [0.5, 0.6) is 0 Å². The van der Waals surface area contributed by atoms with Gasteiger partial charge in [0.2, 0.25) is 0 Å². The number of aliphatic carboxylic acids is 1. The average Bonchev–Trinajstić information content (AvgIpc) is 3.25. The maximum Gasteiger partial charge on any atom is 0.453 e. The van der Waals surface area contributed by atoms with Crippen LogP contribution in [0.15, 0.2) is 0 Å². The van der Waals surface area contributed by atoms with Crippen LogP contribution in [0.1, 0.15) is 149 Å². The predicted octanol–water partition coefficient (Wildman–Crippen LogP) is 10.2. The van der Waals surface area contributed by atoms with Gasteiger partial charge in [-0.2, -0.15) is 22.0 Å². The van der Waals surface area contributed by atoms with Crippen LogP contribution in [0.4, 0.5) is 22.0 Å². The van der Waals surface area contributed by atoms with E-state index in [1.165, 1.54) is 25.7 Å². The molecule has 4 rings (SSSR count). The van der Waals surface area contributed by atoms with E-state index in [4.69, 9.17) is 0 Å². The minimum Gasteiger partial charge on any atom is -0.481 e. The Labute approximate surface area is 266 Å². The number of carboxylic acid groups (broad SMARTS) is 1. The maximum absolute atomic E-state index is 13.1. The molecule has 260 valence electrons. The van der Waals surface area contributed by atoms with Crippen LogP contribution in [-0.2, 0) is 9.59 Å². The van der Waals surface area contributed by atoms with Gasteiger partial charge in [0.25, 0.3) is 0 Å². The molecule has 4 fully saturated rings. The summed E-state index contributed by atoms with van der Waals surface area (Å²) < 4.78 is 63.3. The number of unbranched alkanes of at least 4 members (excludes halogenated alkanes) is 7. The summed E-state index contributed by atoms with van der Waals surface area (Å²) in [6, 6.07) is 0. The van der Waals surface area contributed by atoms with Crippen molar-refractivity contribution < 1.29 is 41.8 Å². The molecule has 0 radical (unpaired) electrons. The zero-order chi connectivity index (χ0) is 33.0. The molecule has 4 nitrogen and oxygen atoms in total. The molecule has 4 saturated carbocycles. The number of rotatable bonds is 16. The maximum atomic E-state index is 13.1. The fraction of sp³-hybridized carbons (Fsp3) is 0.944. The number of hydrogen-bond donors (Lipinski definition) is 2. The van der Waals surface area contributed by atoms with E-state index in [1.807, 2.05) is 0 Å². The standard InChI is InChI=1S/C36H57F5O4/c1-33-21-19-27(42)22-26(33)15-16-28-29-17-18-30(43)34(29,2)23-25(31(28)33)13-10-8-6-4-3-5-7-9-12-24(32(44)45)14-11-20-35(37,38)36(39,40)41/h24-26,28-31,43H,3-23H2,1-2H3,(H,44,45)/t24?,25-,26-,28-,29-,30-,31-,33-,34-/m0/s1. The first-order valence-corrected chi connectivity index (χ1v) is 18.0. The largest absolute Gasteiger partial charge is 0.481 e. The summed E-state index contributed by atoms with van der Waals surface area (Å²) in [6.45, 7) is 4.84. The van der Waals surface area contributed by atoms with Crippen LogP contribution in [-0.4, -0.2) is 40.2 Å². The Morgan fingerprint density at radius 1 is 0.867 bits per heavy atom. The van der Waals surface area contributed by atoms with E-state index in [1.54, 1.807) is 0 Å². The van der Waals surface area contributed by atoms with E-state index in [-0.39, 0.29) is 23.4 Å². The van der Waals surface area contributed by atoms with Gasteiger partial charge in [0.1, 0.15) is 5.78 Å². The molecular weight excluding hydrogens is 591 g/mol. The summed E-state index contributed by atoms with van der Waals surface area (Å²) in [4.78, 5) is 23.8. The molecule has 0 heterocycles. The van der Waals surface area contributed by atoms with Crippen molar-refractivity contribution in [1.29, 1.82) is 0 Å². The molecule has 0 spiro atoms. The van der Waals surface area contributed by atoms with Crippen LogP contribution < -0.4 is 0 Å². The third-order valence-electron chi connectivity index (χ3n) is 13.2. The highest BCUT2D eigenvalue weighted by molar-refractivity contribution is 5.79. The van der Waals surface area contributed by atoms with Crippen molar-refractivity contribution in [3.05, 3.63) is 0 Å². The smallest absolute Gasteiger partial charge is 0.453 e. The molecule has 9 heteroatoms. The monoisotopic (exact) mass is 648 g/mol. The molecule has 0 aromatic carbocycles. The molecule has 9 atom stereocenters. The van der Waals surface area contributed by atoms with Gasteiger partial charge in [0.15, 0.2) is 0 Å². The van der Waals surface area contributed by atoms with Crippen molar-refractivity contribution in [3.8, 4) is 0 Å². The van der Waals surface area contributed by atoms with Crippen LogP contribution in [0.25, 0.3) is 0 Å². The van der Waals surface area contributed by atoms with Crippen molar-refractivity contribution in [2.24, 2.45) is 46.3 Å². The highest BCUT2D eigenvalue weighted by Crippen LogP contribution is 2.68. The third-order valence-corrected chi connectivity index (χ3v) is 13.2. The van der Waals surface area contributed by atoms with Gasteiger partial charge in [-0.1, -0.05) is 71.6 Å². The van der Waals surface area contributed by atoms with Crippen LogP contribution in [0.2, 0.25) is 0 Å². The summed E-state index contributed by atoms with van der Waals surface area (Å²) in [7, 11) is 0.